The summed E-state index contributed by atoms with van der Waals surface area (Å²) in [6.07, 6.45) is 3.93. The predicted octanol–water partition coefficient (Wildman–Crippen LogP) is 2.30. The number of thioether (sulfide) groups is 1. The van der Waals surface area contributed by atoms with Crippen LogP contribution in [0.1, 0.15) is 25.8 Å². The number of rotatable bonds is 4. The lowest BCUT2D eigenvalue weighted by Crippen LogP contribution is -2.40. The van der Waals surface area contributed by atoms with E-state index in [0.29, 0.717) is 6.04 Å². The Morgan fingerprint density at radius 2 is 2.39 bits per heavy atom. The number of aromatic nitrogens is 1. The fourth-order valence-electron chi connectivity index (χ4n) is 2.22. The SMILES string of the molecule is CCC(N)Cc1ccc(N2CCSCC2C)nc1. The molecule has 100 valence electrons. The van der Waals surface area contributed by atoms with E-state index in [4.69, 9.17) is 5.73 Å². The monoisotopic (exact) mass is 265 g/mol. The number of nitrogens with zero attached hydrogens (tertiary/aromatic N) is 2. The van der Waals surface area contributed by atoms with Crippen LogP contribution in [0.25, 0.3) is 0 Å². The van der Waals surface area contributed by atoms with Crippen LogP contribution in [0.4, 0.5) is 5.82 Å². The molecule has 0 saturated carbocycles. The quantitative estimate of drug-likeness (QED) is 0.907. The van der Waals surface area contributed by atoms with E-state index >= 15 is 0 Å². The Bertz CT molecular complexity index is 366. The van der Waals surface area contributed by atoms with Gasteiger partial charge in [0.25, 0.3) is 0 Å². The summed E-state index contributed by atoms with van der Waals surface area (Å²) in [5.74, 6) is 3.51. The molecule has 1 saturated heterocycles. The van der Waals surface area contributed by atoms with Crippen molar-refractivity contribution in [3.63, 3.8) is 0 Å². The zero-order valence-corrected chi connectivity index (χ0v) is 12.1. The molecule has 1 fully saturated rings. The van der Waals surface area contributed by atoms with E-state index in [1.807, 2.05) is 18.0 Å². The Morgan fingerprint density at radius 3 is 3.00 bits per heavy atom. The van der Waals surface area contributed by atoms with Crippen molar-refractivity contribution >= 4 is 17.6 Å². The Labute approximate surface area is 114 Å². The topological polar surface area (TPSA) is 42.1 Å². The summed E-state index contributed by atoms with van der Waals surface area (Å²) in [4.78, 5) is 7.00. The summed E-state index contributed by atoms with van der Waals surface area (Å²) in [7, 11) is 0. The molecule has 1 aromatic heterocycles. The standard InChI is InChI=1S/C14H23N3S/c1-3-13(15)8-12-4-5-14(16-9-12)17-6-7-18-10-11(17)2/h4-5,9,11,13H,3,6-8,10,15H2,1-2H3. The molecule has 1 aliphatic heterocycles. The molecule has 0 radical (unpaired) electrons. The van der Waals surface area contributed by atoms with E-state index in [9.17, 15) is 0 Å². The van der Waals surface area contributed by atoms with Crippen LogP contribution in [-0.4, -0.2) is 35.1 Å². The molecule has 1 aliphatic rings. The van der Waals surface area contributed by atoms with Gasteiger partial charge < -0.3 is 10.6 Å². The van der Waals surface area contributed by atoms with E-state index < -0.39 is 0 Å². The van der Waals surface area contributed by atoms with Crippen LogP contribution in [0, 0.1) is 0 Å². The first-order valence-electron chi connectivity index (χ1n) is 6.75. The molecule has 3 nitrogen and oxygen atoms in total. The summed E-state index contributed by atoms with van der Waals surface area (Å²) in [6.45, 7) is 5.50. The summed E-state index contributed by atoms with van der Waals surface area (Å²) in [6, 6.07) is 5.15. The van der Waals surface area contributed by atoms with Gasteiger partial charge in [0, 0.05) is 36.3 Å². The Hall–Kier alpha value is -0.740. The van der Waals surface area contributed by atoms with Crippen molar-refractivity contribution in [3.05, 3.63) is 23.9 Å². The number of pyridine rings is 1. The maximum absolute atomic E-state index is 5.97. The second-order valence-corrected chi connectivity index (χ2v) is 6.16. The molecule has 0 bridgehead atoms. The maximum atomic E-state index is 5.97. The van der Waals surface area contributed by atoms with Crippen LogP contribution in [0.2, 0.25) is 0 Å². The molecule has 0 aliphatic carbocycles. The first-order chi connectivity index (χ1) is 8.70. The van der Waals surface area contributed by atoms with Gasteiger partial charge >= 0.3 is 0 Å². The molecular weight excluding hydrogens is 242 g/mol. The minimum absolute atomic E-state index is 0.253. The van der Waals surface area contributed by atoms with Crippen molar-refractivity contribution in [2.75, 3.05) is 23.0 Å². The van der Waals surface area contributed by atoms with Crippen LogP contribution >= 0.6 is 11.8 Å². The van der Waals surface area contributed by atoms with Gasteiger partial charge in [-0.3, -0.25) is 0 Å². The van der Waals surface area contributed by atoms with Crippen LogP contribution in [-0.2, 0) is 6.42 Å². The van der Waals surface area contributed by atoms with Crippen molar-refractivity contribution in [2.45, 2.75) is 38.8 Å². The van der Waals surface area contributed by atoms with E-state index in [0.717, 1.165) is 25.2 Å². The van der Waals surface area contributed by atoms with E-state index in [1.54, 1.807) is 0 Å². The Kier molecular flexibility index (Phi) is 4.89. The van der Waals surface area contributed by atoms with Crippen molar-refractivity contribution in [1.82, 2.24) is 4.98 Å². The molecule has 2 rings (SSSR count). The van der Waals surface area contributed by atoms with Crippen molar-refractivity contribution in [1.29, 1.82) is 0 Å². The third kappa shape index (κ3) is 3.39. The summed E-state index contributed by atoms with van der Waals surface area (Å²) >= 11 is 2.03. The fourth-order valence-corrected chi connectivity index (χ4v) is 3.24. The van der Waals surface area contributed by atoms with Gasteiger partial charge in [0.2, 0.25) is 0 Å². The molecular formula is C14H23N3S. The predicted molar refractivity (Wildman–Crippen MR) is 80.3 cm³/mol. The zero-order valence-electron chi connectivity index (χ0n) is 11.3. The molecule has 2 unspecified atom stereocenters. The van der Waals surface area contributed by atoms with Gasteiger partial charge in [-0.05, 0) is 31.4 Å². The number of hydrogen-bond acceptors (Lipinski definition) is 4. The lowest BCUT2D eigenvalue weighted by molar-refractivity contribution is 0.643. The maximum Gasteiger partial charge on any atom is 0.128 e. The molecule has 4 heteroatoms. The fraction of sp³-hybridized carbons (Fsp3) is 0.643. The van der Waals surface area contributed by atoms with E-state index in [1.165, 1.54) is 17.1 Å². The molecule has 0 amide bonds. The van der Waals surface area contributed by atoms with Gasteiger partial charge in [0.05, 0.1) is 0 Å². The number of nitrogens with two attached hydrogens (primary N) is 1. The molecule has 18 heavy (non-hydrogen) atoms. The van der Waals surface area contributed by atoms with Gasteiger partial charge in [0.1, 0.15) is 5.82 Å². The lowest BCUT2D eigenvalue weighted by Gasteiger charge is -2.34. The minimum Gasteiger partial charge on any atom is -0.352 e. The number of hydrogen-bond donors (Lipinski definition) is 1. The molecule has 1 aromatic rings. The lowest BCUT2D eigenvalue weighted by atomic mass is 10.1. The molecule has 2 N–H and O–H groups in total. The first kappa shape index (κ1) is 13.7. The second kappa shape index (κ2) is 6.43. The Morgan fingerprint density at radius 1 is 1.56 bits per heavy atom. The average molecular weight is 265 g/mol. The van der Waals surface area contributed by atoms with Gasteiger partial charge in [-0.25, -0.2) is 4.98 Å². The first-order valence-corrected chi connectivity index (χ1v) is 7.91. The van der Waals surface area contributed by atoms with Crippen LogP contribution < -0.4 is 10.6 Å². The average Bonchev–Trinajstić information content (AvgIpc) is 2.40. The Balaban J connectivity index is 2.02. The largest absolute Gasteiger partial charge is 0.352 e. The van der Waals surface area contributed by atoms with Crippen molar-refractivity contribution < 1.29 is 0 Å². The highest BCUT2D eigenvalue weighted by molar-refractivity contribution is 7.99. The summed E-state index contributed by atoms with van der Waals surface area (Å²) < 4.78 is 0. The summed E-state index contributed by atoms with van der Waals surface area (Å²) in [5, 5.41) is 0. The second-order valence-electron chi connectivity index (χ2n) is 5.01. The summed E-state index contributed by atoms with van der Waals surface area (Å²) in [5.41, 5.74) is 7.21. The van der Waals surface area contributed by atoms with E-state index in [-0.39, 0.29) is 6.04 Å². The molecule has 0 aromatic carbocycles. The third-order valence-corrected chi connectivity index (χ3v) is 4.68. The van der Waals surface area contributed by atoms with E-state index in [2.05, 4.69) is 35.9 Å². The highest BCUT2D eigenvalue weighted by Crippen LogP contribution is 2.22. The van der Waals surface area contributed by atoms with Crippen LogP contribution in [0.15, 0.2) is 18.3 Å². The third-order valence-electron chi connectivity index (χ3n) is 3.49. The van der Waals surface area contributed by atoms with Gasteiger partial charge in [0.15, 0.2) is 0 Å². The molecule has 2 heterocycles. The van der Waals surface area contributed by atoms with Crippen molar-refractivity contribution in [2.24, 2.45) is 5.73 Å². The minimum atomic E-state index is 0.253. The zero-order chi connectivity index (χ0) is 13.0. The van der Waals surface area contributed by atoms with Crippen molar-refractivity contribution in [3.8, 4) is 0 Å². The molecule has 0 spiro atoms. The smallest absolute Gasteiger partial charge is 0.128 e. The number of anilines is 1. The highest BCUT2D eigenvalue weighted by atomic mass is 32.2. The van der Waals surface area contributed by atoms with Crippen LogP contribution in [0.5, 0.6) is 0 Å². The molecule has 2 atom stereocenters. The van der Waals surface area contributed by atoms with Gasteiger partial charge in [-0.2, -0.15) is 11.8 Å². The van der Waals surface area contributed by atoms with Crippen LogP contribution in [0.3, 0.4) is 0 Å². The highest BCUT2D eigenvalue weighted by Gasteiger charge is 2.19. The van der Waals surface area contributed by atoms with Gasteiger partial charge in [-0.1, -0.05) is 13.0 Å². The van der Waals surface area contributed by atoms with Gasteiger partial charge in [-0.15, -0.1) is 0 Å². The normalized spacial score (nSPS) is 21.9.